The van der Waals surface area contributed by atoms with E-state index in [1.807, 2.05) is 6.07 Å². The van der Waals surface area contributed by atoms with Crippen LogP contribution in [0, 0.1) is 5.92 Å². The molecule has 26 heavy (non-hydrogen) atoms. The Bertz CT molecular complexity index is 687. The number of barbiturate groups is 1. The third-order valence-electron chi connectivity index (χ3n) is 5.26. The number of carbonyl (C=O) groups is 3. The van der Waals surface area contributed by atoms with Crippen molar-refractivity contribution < 1.29 is 24.3 Å². The first-order valence-electron chi connectivity index (χ1n) is 9.03. The van der Waals surface area contributed by atoms with E-state index in [1.165, 1.54) is 19.7 Å². The zero-order chi connectivity index (χ0) is 18.7. The summed E-state index contributed by atoms with van der Waals surface area (Å²) in [5, 5.41) is 0. The second-order valence-electron chi connectivity index (χ2n) is 7.07. The second-order valence-corrected chi connectivity index (χ2v) is 7.07. The number of quaternary nitrogens is 1. The predicted octanol–water partition coefficient (Wildman–Crippen LogP) is -1.95. The lowest BCUT2D eigenvalue weighted by Crippen LogP contribution is -3.13. The van der Waals surface area contributed by atoms with Crippen LogP contribution in [0.2, 0.25) is 0 Å². The van der Waals surface area contributed by atoms with Gasteiger partial charge in [-0.1, -0.05) is 30.3 Å². The molecular weight excluding hydrogens is 332 g/mol. The van der Waals surface area contributed by atoms with Crippen molar-refractivity contribution in [1.29, 1.82) is 0 Å². The molecule has 7 heteroatoms. The fourth-order valence-corrected chi connectivity index (χ4v) is 3.57. The minimum atomic E-state index is -0.933. The van der Waals surface area contributed by atoms with Crippen molar-refractivity contribution in [2.75, 3.05) is 27.2 Å². The quantitative estimate of drug-likeness (QED) is 0.485. The average molecular weight is 358 g/mol. The molecule has 0 unspecified atom stereocenters. The predicted molar refractivity (Wildman–Crippen MR) is 95.3 cm³/mol. The summed E-state index contributed by atoms with van der Waals surface area (Å²) < 4.78 is 0. The minimum Gasteiger partial charge on any atom is -0.331 e. The Balaban J connectivity index is 1.54. The van der Waals surface area contributed by atoms with Crippen molar-refractivity contribution in [2.45, 2.75) is 25.4 Å². The number of nitrogens with zero attached hydrogens (tertiary/aromatic N) is 2. The number of carbonyl (C=O) groups excluding carboxylic acids is 3. The maximum atomic E-state index is 12.2. The van der Waals surface area contributed by atoms with Gasteiger partial charge in [0.15, 0.2) is 18.2 Å². The van der Waals surface area contributed by atoms with Crippen LogP contribution >= 0.6 is 0 Å². The fraction of sp³-hybridized carbons (Fsp3) is 0.474. The second kappa shape index (κ2) is 7.78. The summed E-state index contributed by atoms with van der Waals surface area (Å²) in [6, 6.07) is 10.1. The highest BCUT2D eigenvalue weighted by Gasteiger charge is 2.43. The molecular formula is C19H26N4O3+2. The number of likely N-dealkylation sites (tertiary alicyclic amines) is 1. The van der Waals surface area contributed by atoms with Gasteiger partial charge in [0.25, 0.3) is 11.8 Å². The van der Waals surface area contributed by atoms with Gasteiger partial charge >= 0.3 is 6.03 Å². The molecule has 0 atom stereocenters. The maximum Gasteiger partial charge on any atom is 0.332 e. The van der Waals surface area contributed by atoms with Crippen molar-refractivity contribution in [2.24, 2.45) is 5.92 Å². The highest BCUT2D eigenvalue weighted by Crippen LogP contribution is 2.12. The fourth-order valence-electron chi connectivity index (χ4n) is 3.57. The van der Waals surface area contributed by atoms with E-state index >= 15 is 0 Å². The van der Waals surface area contributed by atoms with Crippen molar-refractivity contribution in [1.82, 2.24) is 9.80 Å². The van der Waals surface area contributed by atoms with Crippen molar-refractivity contribution in [3.63, 3.8) is 0 Å². The molecule has 3 rings (SSSR count). The molecule has 0 radical (unpaired) electrons. The van der Waals surface area contributed by atoms with E-state index in [0.29, 0.717) is 0 Å². The van der Waals surface area contributed by atoms with Gasteiger partial charge in [-0.25, -0.2) is 9.79 Å². The summed E-state index contributed by atoms with van der Waals surface area (Å²) in [5.41, 5.74) is 1.34. The minimum absolute atomic E-state index is 0.253. The molecule has 7 nitrogen and oxygen atoms in total. The van der Waals surface area contributed by atoms with E-state index in [1.54, 1.807) is 11.1 Å². The van der Waals surface area contributed by atoms with Gasteiger partial charge in [0, 0.05) is 19.7 Å². The number of nitrogens with one attached hydrogen (secondary N) is 2. The normalized spacial score (nSPS) is 25.4. The van der Waals surface area contributed by atoms with E-state index in [4.69, 9.17) is 0 Å². The highest BCUT2D eigenvalue weighted by molar-refractivity contribution is 6.22. The highest BCUT2D eigenvalue weighted by atomic mass is 16.2. The van der Waals surface area contributed by atoms with Crippen LogP contribution in [0.15, 0.2) is 30.3 Å². The van der Waals surface area contributed by atoms with Crippen molar-refractivity contribution in [3.05, 3.63) is 35.9 Å². The summed E-state index contributed by atoms with van der Waals surface area (Å²) in [5.74, 6) is -1.88. The van der Waals surface area contributed by atoms with Crippen LogP contribution in [0.5, 0.6) is 0 Å². The van der Waals surface area contributed by atoms with Crippen LogP contribution < -0.4 is 9.89 Å². The first-order valence-corrected chi connectivity index (χ1v) is 9.03. The SMILES string of the molecule is CN1C(=O)C(C=[NH+]C2CC[NH+](Cc3ccccc3)CC2)C(=O)N(C)C1=O. The molecule has 4 amide bonds. The van der Waals surface area contributed by atoms with Gasteiger partial charge in [0.05, 0.1) is 25.9 Å². The summed E-state index contributed by atoms with van der Waals surface area (Å²) in [7, 11) is 2.81. The van der Waals surface area contributed by atoms with Gasteiger partial charge < -0.3 is 4.90 Å². The standard InChI is InChI=1S/C19H24N4O3/c1-21-17(24)16(18(25)22(2)19(21)26)12-20-15-8-10-23(11-9-15)13-14-6-4-3-5-7-14/h3-7,12,15-16H,8-11,13H2,1-2H3/p+2. The number of hydrogen-bond acceptors (Lipinski definition) is 3. The van der Waals surface area contributed by atoms with Gasteiger partial charge in [0.2, 0.25) is 0 Å². The van der Waals surface area contributed by atoms with Gasteiger partial charge in [-0.15, -0.1) is 0 Å². The molecule has 0 spiro atoms. The molecule has 138 valence electrons. The Hall–Kier alpha value is -2.54. The Morgan fingerprint density at radius 3 is 2.19 bits per heavy atom. The molecule has 0 saturated carbocycles. The summed E-state index contributed by atoms with van der Waals surface area (Å²) in [6.45, 7) is 3.12. The average Bonchev–Trinajstić information content (AvgIpc) is 2.67. The topological polar surface area (TPSA) is 76.1 Å². The van der Waals surface area contributed by atoms with Crippen LogP contribution in [0.1, 0.15) is 18.4 Å². The smallest absolute Gasteiger partial charge is 0.331 e. The van der Waals surface area contributed by atoms with Gasteiger partial charge in [-0.3, -0.25) is 19.4 Å². The van der Waals surface area contributed by atoms with E-state index < -0.39 is 23.8 Å². The van der Waals surface area contributed by atoms with E-state index in [0.717, 1.165) is 42.3 Å². The summed E-state index contributed by atoms with van der Waals surface area (Å²) in [4.78, 5) is 42.9. The van der Waals surface area contributed by atoms with Gasteiger partial charge in [-0.05, 0) is 0 Å². The van der Waals surface area contributed by atoms with E-state index in [-0.39, 0.29) is 6.04 Å². The first-order chi connectivity index (χ1) is 12.5. The number of hydrogen-bond donors (Lipinski definition) is 2. The molecule has 2 heterocycles. The number of benzene rings is 1. The molecule has 2 fully saturated rings. The van der Waals surface area contributed by atoms with Crippen LogP contribution in [-0.4, -0.2) is 67.1 Å². The Labute approximate surface area is 153 Å². The Kier molecular flexibility index (Phi) is 5.46. The number of urea groups is 1. The van der Waals surface area contributed by atoms with Gasteiger partial charge in [-0.2, -0.15) is 0 Å². The monoisotopic (exact) mass is 358 g/mol. The maximum absolute atomic E-state index is 12.2. The summed E-state index contributed by atoms with van der Waals surface area (Å²) >= 11 is 0. The van der Waals surface area contributed by atoms with Crippen molar-refractivity contribution in [3.8, 4) is 0 Å². The lowest BCUT2D eigenvalue weighted by molar-refractivity contribution is -0.922. The molecule has 2 aliphatic heterocycles. The summed E-state index contributed by atoms with van der Waals surface area (Å²) in [6.07, 6.45) is 3.54. The van der Waals surface area contributed by atoms with E-state index in [9.17, 15) is 14.4 Å². The third kappa shape index (κ3) is 3.83. The zero-order valence-corrected chi connectivity index (χ0v) is 15.3. The van der Waals surface area contributed by atoms with Crippen LogP contribution in [-0.2, 0) is 16.1 Å². The molecule has 2 aliphatic rings. The van der Waals surface area contributed by atoms with Gasteiger partial charge in [0.1, 0.15) is 6.54 Å². The van der Waals surface area contributed by atoms with Crippen LogP contribution in [0.4, 0.5) is 4.79 Å². The number of amides is 4. The molecule has 0 bridgehead atoms. The van der Waals surface area contributed by atoms with Crippen LogP contribution in [0.25, 0.3) is 0 Å². The Morgan fingerprint density at radius 2 is 1.62 bits per heavy atom. The number of rotatable bonds is 4. The zero-order valence-electron chi connectivity index (χ0n) is 15.3. The molecule has 0 aliphatic carbocycles. The lowest BCUT2D eigenvalue weighted by atomic mass is 10.0. The molecule has 1 aromatic carbocycles. The lowest BCUT2D eigenvalue weighted by Gasteiger charge is -2.30. The van der Waals surface area contributed by atoms with E-state index in [2.05, 4.69) is 29.3 Å². The van der Waals surface area contributed by atoms with Crippen molar-refractivity contribution >= 4 is 24.1 Å². The third-order valence-corrected chi connectivity index (χ3v) is 5.26. The van der Waals surface area contributed by atoms with Crippen LogP contribution in [0.3, 0.4) is 0 Å². The molecule has 2 N–H and O–H groups in total. The molecule has 1 aromatic rings. The number of piperidine rings is 1. The largest absolute Gasteiger partial charge is 0.332 e. The molecule has 2 saturated heterocycles. The molecule has 0 aromatic heterocycles. The first kappa shape index (κ1) is 18.3. The number of imide groups is 2. The Morgan fingerprint density at radius 1 is 1.04 bits per heavy atom.